The summed E-state index contributed by atoms with van der Waals surface area (Å²) in [6, 6.07) is 7.80. The molecule has 0 unspecified atom stereocenters. The number of benzene rings is 1. The summed E-state index contributed by atoms with van der Waals surface area (Å²) >= 11 is 4.12. The number of ether oxygens (including phenoxy) is 1. The van der Waals surface area contributed by atoms with Gasteiger partial charge in [-0.2, -0.15) is 12.6 Å². The lowest BCUT2D eigenvalue weighted by Crippen LogP contribution is -2.05. The topological polar surface area (TPSA) is 47.0 Å². The van der Waals surface area contributed by atoms with Crippen molar-refractivity contribution in [3.05, 3.63) is 36.7 Å². The van der Waals surface area contributed by atoms with Crippen LogP contribution in [-0.2, 0) is 0 Å². The summed E-state index contributed by atoms with van der Waals surface area (Å²) in [7, 11) is 1.66. The number of rotatable bonds is 5. The maximum atomic E-state index is 5.31. The quantitative estimate of drug-likeness (QED) is 0.812. The Morgan fingerprint density at radius 2 is 1.94 bits per heavy atom. The standard InChI is InChI=1S/C13H15N3OS/c1-17-12-5-3-2-4-11(12)10-8-15-13(16-9-10)14-6-7-18/h2-5,8-9,18H,6-7H2,1H3,(H,14,15,16). The van der Waals surface area contributed by atoms with Crippen LogP contribution in [0, 0.1) is 0 Å². The normalized spacial score (nSPS) is 10.1. The van der Waals surface area contributed by atoms with Crippen LogP contribution >= 0.6 is 12.6 Å². The van der Waals surface area contributed by atoms with E-state index in [4.69, 9.17) is 4.74 Å². The first-order valence-electron chi connectivity index (χ1n) is 5.65. The summed E-state index contributed by atoms with van der Waals surface area (Å²) in [6.07, 6.45) is 3.57. The van der Waals surface area contributed by atoms with Crippen LogP contribution in [0.3, 0.4) is 0 Å². The molecule has 0 aliphatic carbocycles. The molecule has 1 aromatic carbocycles. The smallest absolute Gasteiger partial charge is 0.222 e. The molecule has 18 heavy (non-hydrogen) atoms. The van der Waals surface area contributed by atoms with E-state index >= 15 is 0 Å². The Kier molecular flexibility index (Phi) is 4.41. The van der Waals surface area contributed by atoms with Crippen molar-refractivity contribution in [3.63, 3.8) is 0 Å². The molecule has 0 fully saturated rings. The van der Waals surface area contributed by atoms with E-state index in [9.17, 15) is 0 Å². The number of hydrogen-bond donors (Lipinski definition) is 2. The van der Waals surface area contributed by atoms with Gasteiger partial charge in [-0.3, -0.25) is 0 Å². The number of aromatic nitrogens is 2. The van der Waals surface area contributed by atoms with E-state index in [1.54, 1.807) is 19.5 Å². The van der Waals surface area contributed by atoms with Crippen molar-refractivity contribution in [2.24, 2.45) is 0 Å². The molecule has 0 atom stereocenters. The highest BCUT2D eigenvalue weighted by molar-refractivity contribution is 7.80. The van der Waals surface area contributed by atoms with E-state index in [2.05, 4.69) is 27.9 Å². The van der Waals surface area contributed by atoms with Crippen molar-refractivity contribution in [3.8, 4) is 16.9 Å². The fourth-order valence-corrected chi connectivity index (χ4v) is 1.72. The third-order valence-corrected chi connectivity index (χ3v) is 2.69. The predicted octanol–water partition coefficient (Wildman–Crippen LogP) is 2.49. The summed E-state index contributed by atoms with van der Waals surface area (Å²) in [5.74, 6) is 2.18. The number of anilines is 1. The van der Waals surface area contributed by atoms with Gasteiger partial charge in [0.1, 0.15) is 5.75 Å². The van der Waals surface area contributed by atoms with Crippen LogP contribution in [-0.4, -0.2) is 29.4 Å². The van der Waals surface area contributed by atoms with Crippen LogP contribution in [0.1, 0.15) is 0 Å². The summed E-state index contributed by atoms with van der Waals surface area (Å²) in [6.45, 7) is 0.747. The fourth-order valence-electron chi connectivity index (χ4n) is 1.61. The average molecular weight is 261 g/mol. The zero-order valence-corrected chi connectivity index (χ0v) is 11.0. The van der Waals surface area contributed by atoms with Crippen LogP contribution in [0.5, 0.6) is 5.75 Å². The minimum atomic E-state index is 0.614. The molecule has 5 heteroatoms. The van der Waals surface area contributed by atoms with Gasteiger partial charge in [0.2, 0.25) is 5.95 Å². The van der Waals surface area contributed by atoms with Gasteiger partial charge in [0.05, 0.1) is 7.11 Å². The highest BCUT2D eigenvalue weighted by Crippen LogP contribution is 2.28. The lowest BCUT2D eigenvalue weighted by atomic mass is 10.1. The lowest BCUT2D eigenvalue weighted by Gasteiger charge is -2.08. The van der Waals surface area contributed by atoms with Crippen molar-refractivity contribution in [1.29, 1.82) is 0 Å². The Morgan fingerprint density at radius 1 is 1.22 bits per heavy atom. The maximum Gasteiger partial charge on any atom is 0.222 e. The highest BCUT2D eigenvalue weighted by Gasteiger charge is 2.05. The molecule has 0 saturated carbocycles. The number of para-hydroxylation sites is 1. The number of methoxy groups -OCH3 is 1. The monoisotopic (exact) mass is 261 g/mol. The largest absolute Gasteiger partial charge is 0.496 e. The minimum Gasteiger partial charge on any atom is -0.496 e. The van der Waals surface area contributed by atoms with E-state index < -0.39 is 0 Å². The van der Waals surface area contributed by atoms with Crippen LogP contribution < -0.4 is 10.1 Å². The zero-order chi connectivity index (χ0) is 12.8. The Balaban J connectivity index is 2.23. The van der Waals surface area contributed by atoms with Gasteiger partial charge in [0.25, 0.3) is 0 Å². The minimum absolute atomic E-state index is 0.614. The predicted molar refractivity (Wildman–Crippen MR) is 76.4 cm³/mol. The summed E-state index contributed by atoms with van der Waals surface area (Å²) in [5.41, 5.74) is 1.92. The van der Waals surface area contributed by atoms with Gasteiger partial charge in [-0.15, -0.1) is 0 Å². The molecule has 2 aromatic rings. The van der Waals surface area contributed by atoms with Crippen LogP contribution in [0.25, 0.3) is 11.1 Å². The molecule has 2 rings (SSSR count). The Hall–Kier alpha value is -1.75. The van der Waals surface area contributed by atoms with E-state index in [1.807, 2.05) is 24.3 Å². The first-order chi connectivity index (χ1) is 8.85. The molecule has 1 N–H and O–H groups in total. The number of nitrogens with zero attached hydrogens (tertiary/aromatic N) is 2. The molecule has 1 heterocycles. The molecule has 0 saturated heterocycles. The van der Waals surface area contributed by atoms with Gasteiger partial charge in [-0.05, 0) is 6.07 Å². The van der Waals surface area contributed by atoms with Gasteiger partial charge in [0.15, 0.2) is 0 Å². The van der Waals surface area contributed by atoms with Crippen molar-refractivity contribution in [1.82, 2.24) is 9.97 Å². The molecule has 0 bridgehead atoms. The van der Waals surface area contributed by atoms with E-state index in [1.165, 1.54) is 0 Å². The molecule has 0 radical (unpaired) electrons. The maximum absolute atomic E-state index is 5.31. The molecular formula is C13H15N3OS. The number of thiol groups is 1. The van der Waals surface area contributed by atoms with E-state index in [0.29, 0.717) is 5.95 Å². The zero-order valence-electron chi connectivity index (χ0n) is 10.1. The molecule has 0 amide bonds. The van der Waals surface area contributed by atoms with Crippen molar-refractivity contribution < 1.29 is 4.74 Å². The Labute approximate surface area is 112 Å². The Morgan fingerprint density at radius 3 is 2.61 bits per heavy atom. The SMILES string of the molecule is COc1ccccc1-c1cnc(NCCS)nc1. The molecule has 0 aliphatic rings. The number of hydrogen-bond acceptors (Lipinski definition) is 5. The molecular weight excluding hydrogens is 246 g/mol. The van der Waals surface area contributed by atoms with Gasteiger partial charge in [0, 0.05) is 35.8 Å². The molecule has 94 valence electrons. The second-order valence-electron chi connectivity index (χ2n) is 3.65. The molecule has 0 aliphatic heterocycles. The third kappa shape index (κ3) is 2.92. The van der Waals surface area contributed by atoms with Crippen LogP contribution in [0.2, 0.25) is 0 Å². The molecule has 0 spiro atoms. The van der Waals surface area contributed by atoms with Crippen LogP contribution in [0.15, 0.2) is 36.7 Å². The lowest BCUT2D eigenvalue weighted by molar-refractivity contribution is 0.416. The van der Waals surface area contributed by atoms with Gasteiger partial charge < -0.3 is 10.1 Å². The molecule has 1 aromatic heterocycles. The summed E-state index contributed by atoms with van der Waals surface area (Å²) in [4.78, 5) is 8.51. The molecule has 4 nitrogen and oxygen atoms in total. The van der Waals surface area contributed by atoms with Gasteiger partial charge in [-0.25, -0.2) is 9.97 Å². The second-order valence-corrected chi connectivity index (χ2v) is 4.09. The number of nitrogens with one attached hydrogen (secondary N) is 1. The van der Waals surface area contributed by atoms with E-state index in [0.717, 1.165) is 29.2 Å². The van der Waals surface area contributed by atoms with Crippen molar-refractivity contribution in [2.45, 2.75) is 0 Å². The Bertz CT molecular complexity index is 502. The van der Waals surface area contributed by atoms with Crippen molar-refractivity contribution in [2.75, 3.05) is 24.7 Å². The summed E-state index contributed by atoms with van der Waals surface area (Å²) < 4.78 is 5.31. The summed E-state index contributed by atoms with van der Waals surface area (Å²) in [5, 5.41) is 3.07. The van der Waals surface area contributed by atoms with Gasteiger partial charge >= 0.3 is 0 Å². The first kappa shape index (κ1) is 12.7. The van der Waals surface area contributed by atoms with Crippen LogP contribution in [0.4, 0.5) is 5.95 Å². The van der Waals surface area contributed by atoms with E-state index in [-0.39, 0.29) is 0 Å². The second kappa shape index (κ2) is 6.26. The first-order valence-corrected chi connectivity index (χ1v) is 6.28. The van der Waals surface area contributed by atoms with Gasteiger partial charge in [-0.1, -0.05) is 18.2 Å². The highest BCUT2D eigenvalue weighted by atomic mass is 32.1. The average Bonchev–Trinajstić information content (AvgIpc) is 2.45. The third-order valence-electron chi connectivity index (χ3n) is 2.46. The van der Waals surface area contributed by atoms with Crippen molar-refractivity contribution >= 4 is 18.6 Å². The fraction of sp³-hybridized carbons (Fsp3) is 0.231.